The summed E-state index contributed by atoms with van der Waals surface area (Å²) in [5, 5.41) is 7.60. The first-order valence-electron chi connectivity index (χ1n) is 10.7. The quantitative estimate of drug-likeness (QED) is 0.665. The molecule has 5 rings (SSSR count). The van der Waals surface area contributed by atoms with Crippen molar-refractivity contribution in [1.29, 1.82) is 0 Å². The predicted octanol–water partition coefficient (Wildman–Crippen LogP) is 4.05. The van der Waals surface area contributed by atoms with Gasteiger partial charge in [0.15, 0.2) is 11.6 Å². The highest BCUT2D eigenvalue weighted by molar-refractivity contribution is 5.78. The van der Waals surface area contributed by atoms with Crippen molar-refractivity contribution in [3.63, 3.8) is 0 Å². The number of anilines is 3. The number of hydrogen-bond donors (Lipinski definition) is 1. The molecule has 2 aromatic heterocycles. The lowest BCUT2D eigenvalue weighted by Crippen LogP contribution is -2.33. The molecule has 1 aromatic carbocycles. The van der Waals surface area contributed by atoms with Gasteiger partial charge in [-0.2, -0.15) is 5.10 Å². The number of nitrogens with one attached hydrogen (secondary N) is 1. The lowest BCUT2D eigenvalue weighted by molar-refractivity contribution is 0.259. The minimum atomic E-state index is -0.608. The topological polar surface area (TPSA) is 62.1 Å². The molecular formula is C23H25F2N7. The summed E-state index contributed by atoms with van der Waals surface area (Å²) in [5.41, 5.74) is 2.75. The third-order valence-corrected chi connectivity index (χ3v) is 5.87. The van der Waals surface area contributed by atoms with Crippen molar-refractivity contribution >= 4 is 23.5 Å². The fraction of sp³-hybridized carbons (Fsp3) is 0.348. The zero-order chi connectivity index (χ0) is 22.4. The highest BCUT2D eigenvalue weighted by Gasteiger charge is 2.22. The van der Waals surface area contributed by atoms with Gasteiger partial charge in [-0.25, -0.2) is 18.7 Å². The summed E-state index contributed by atoms with van der Waals surface area (Å²) in [5.74, 6) is -0.204. The number of aromatic nitrogens is 4. The van der Waals surface area contributed by atoms with Gasteiger partial charge in [0.1, 0.15) is 11.5 Å². The van der Waals surface area contributed by atoms with E-state index in [0.717, 1.165) is 37.2 Å². The van der Waals surface area contributed by atoms with Crippen LogP contribution >= 0.6 is 0 Å². The van der Waals surface area contributed by atoms with Gasteiger partial charge >= 0.3 is 0 Å². The van der Waals surface area contributed by atoms with E-state index in [2.05, 4.69) is 37.2 Å². The lowest BCUT2D eigenvalue weighted by atomic mass is 10.0. The predicted molar refractivity (Wildman–Crippen MR) is 121 cm³/mol. The Morgan fingerprint density at radius 2 is 1.94 bits per heavy atom. The molecule has 0 unspecified atom stereocenters. The maximum absolute atomic E-state index is 14.9. The third kappa shape index (κ3) is 3.73. The van der Waals surface area contributed by atoms with Gasteiger partial charge < -0.3 is 10.2 Å². The summed E-state index contributed by atoms with van der Waals surface area (Å²) in [6.45, 7) is 7.30. The highest BCUT2D eigenvalue weighted by atomic mass is 19.1. The van der Waals surface area contributed by atoms with Gasteiger partial charge in [0.05, 0.1) is 18.4 Å². The molecular weight excluding hydrogens is 412 g/mol. The number of nitrogens with zero attached hydrogens (tertiary/aromatic N) is 6. The lowest BCUT2D eigenvalue weighted by Gasteiger charge is -2.32. The van der Waals surface area contributed by atoms with Crippen LogP contribution in [0.5, 0.6) is 0 Å². The Morgan fingerprint density at radius 1 is 1.09 bits per heavy atom. The van der Waals surface area contributed by atoms with E-state index in [-0.39, 0.29) is 17.7 Å². The Hall–Kier alpha value is -3.33. The second kappa shape index (κ2) is 7.98. The number of hydrogen-bond acceptors (Lipinski definition) is 6. The SMILES string of the molecule is CC(C)N1CC=Cc2c(F)cc(-c3nc(Nc4cc5n(n4)CCN(C)C5)ncc3F)cc21. The minimum Gasteiger partial charge on any atom is -0.365 e. The van der Waals surface area contributed by atoms with Gasteiger partial charge in [-0.05, 0) is 33.0 Å². The minimum absolute atomic E-state index is 0.0474. The second-order valence-electron chi connectivity index (χ2n) is 8.54. The summed E-state index contributed by atoms with van der Waals surface area (Å²) in [6.07, 6.45) is 4.81. The fourth-order valence-electron chi connectivity index (χ4n) is 4.22. The molecule has 0 amide bonds. The van der Waals surface area contributed by atoms with Gasteiger partial charge in [-0.15, -0.1) is 0 Å². The Labute approximate surface area is 185 Å². The maximum Gasteiger partial charge on any atom is 0.229 e. The van der Waals surface area contributed by atoms with E-state index in [9.17, 15) is 8.78 Å². The van der Waals surface area contributed by atoms with Crippen LogP contribution in [0.1, 0.15) is 25.1 Å². The first-order valence-corrected chi connectivity index (χ1v) is 10.7. The van der Waals surface area contributed by atoms with E-state index in [0.29, 0.717) is 23.5 Å². The van der Waals surface area contributed by atoms with Crippen LogP contribution in [0.2, 0.25) is 0 Å². The van der Waals surface area contributed by atoms with Crippen molar-refractivity contribution in [2.75, 3.05) is 30.4 Å². The van der Waals surface area contributed by atoms with Crippen molar-refractivity contribution in [3.05, 3.63) is 53.4 Å². The van der Waals surface area contributed by atoms with E-state index in [1.807, 2.05) is 30.7 Å². The molecule has 0 fully saturated rings. The molecule has 1 N–H and O–H groups in total. The van der Waals surface area contributed by atoms with Crippen LogP contribution in [0.25, 0.3) is 17.3 Å². The van der Waals surface area contributed by atoms with Crippen LogP contribution in [0.4, 0.5) is 26.2 Å². The molecule has 7 nitrogen and oxygen atoms in total. The summed E-state index contributed by atoms with van der Waals surface area (Å²) in [6, 6.07) is 5.23. The second-order valence-corrected chi connectivity index (χ2v) is 8.54. The van der Waals surface area contributed by atoms with Crippen LogP contribution in [0, 0.1) is 11.6 Å². The average molecular weight is 437 g/mol. The Morgan fingerprint density at radius 3 is 2.75 bits per heavy atom. The molecule has 0 atom stereocenters. The Kier molecular flexibility index (Phi) is 5.13. The molecule has 2 aliphatic rings. The summed E-state index contributed by atoms with van der Waals surface area (Å²) in [7, 11) is 2.06. The third-order valence-electron chi connectivity index (χ3n) is 5.87. The summed E-state index contributed by atoms with van der Waals surface area (Å²) in [4.78, 5) is 12.7. The Bertz CT molecular complexity index is 1200. The number of likely N-dealkylation sites (N-methyl/N-ethyl adjacent to an activating group) is 1. The average Bonchev–Trinajstić information content (AvgIpc) is 3.15. The van der Waals surface area contributed by atoms with Crippen LogP contribution in [0.3, 0.4) is 0 Å². The van der Waals surface area contributed by atoms with E-state index in [1.165, 1.54) is 6.07 Å². The molecule has 0 spiro atoms. The molecule has 0 bridgehead atoms. The molecule has 0 radical (unpaired) electrons. The molecule has 0 saturated heterocycles. The highest BCUT2D eigenvalue weighted by Crippen LogP contribution is 2.35. The van der Waals surface area contributed by atoms with Crippen LogP contribution in [-0.4, -0.2) is 50.8 Å². The standard InChI is InChI=1S/C23H25F2N7/c1-14(2)31-6-4-5-17-18(24)9-15(10-20(17)31)22-19(25)12-26-23(28-22)27-21-11-16-13-30(3)7-8-32(16)29-21/h4-5,9-12,14H,6-8,13H2,1-3H3,(H,26,27,28,29). The smallest absolute Gasteiger partial charge is 0.229 e. The van der Waals surface area contributed by atoms with Crippen molar-refractivity contribution in [3.8, 4) is 11.3 Å². The summed E-state index contributed by atoms with van der Waals surface area (Å²) >= 11 is 0. The van der Waals surface area contributed by atoms with E-state index in [1.54, 1.807) is 12.1 Å². The van der Waals surface area contributed by atoms with Crippen molar-refractivity contribution in [2.24, 2.45) is 0 Å². The van der Waals surface area contributed by atoms with Crippen LogP contribution in [0.15, 0.2) is 30.5 Å². The van der Waals surface area contributed by atoms with Crippen molar-refractivity contribution in [2.45, 2.75) is 33.0 Å². The van der Waals surface area contributed by atoms with Gasteiger partial charge in [0.2, 0.25) is 5.95 Å². The van der Waals surface area contributed by atoms with Gasteiger partial charge in [0.25, 0.3) is 0 Å². The Balaban J connectivity index is 1.49. The number of fused-ring (bicyclic) bond motifs is 2. The zero-order valence-electron chi connectivity index (χ0n) is 18.3. The monoisotopic (exact) mass is 437 g/mol. The molecule has 4 heterocycles. The van der Waals surface area contributed by atoms with Crippen molar-refractivity contribution in [1.82, 2.24) is 24.6 Å². The molecule has 0 saturated carbocycles. The van der Waals surface area contributed by atoms with Crippen LogP contribution < -0.4 is 10.2 Å². The van der Waals surface area contributed by atoms with Crippen LogP contribution in [-0.2, 0) is 13.1 Å². The zero-order valence-corrected chi connectivity index (χ0v) is 18.3. The molecule has 2 aliphatic heterocycles. The molecule has 0 aliphatic carbocycles. The number of benzene rings is 1. The molecule has 166 valence electrons. The van der Waals surface area contributed by atoms with E-state index >= 15 is 0 Å². The van der Waals surface area contributed by atoms with E-state index < -0.39 is 11.6 Å². The number of halogens is 2. The first kappa shape index (κ1) is 20.6. The first-order chi connectivity index (χ1) is 15.4. The largest absolute Gasteiger partial charge is 0.365 e. The normalized spacial score (nSPS) is 15.8. The number of rotatable bonds is 4. The van der Waals surface area contributed by atoms with E-state index in [4.69, 9.17) is 0 Å². The van der Waals surface area contributed by atoms with Gasteiger partial charge in [-0.1, -0.05) is 12.2 Å². The molecule has 3 aromatic rings. The van der Waals surface area contributed by atoms with Crippen molar-refractivity contribution < 1.29 is 8.78 Å². The molecule has 9 heteroatoms. The van der Waals surface area contributed by atoms with Gasteiger partial charge in [0, 0.05) is 48.6 Å². The van der Waals surface area contributed by atoms with Gasteiger partial charge in [-0.3, -0.25) is 9.58 Å². The maximum atomic E-state index is 14.9. The fourth-order valence-corrected chi connectivity index (χ4v) is 4.22. The molecule has 32 heavy (non-hydrogen) atoms. The summed E-state index contributed by atoms with van der Waals surface area (Å²) < 4.78 is 31.6.